The van der Waals surface area contributed by atoms with E-state index in [1.165, 1.54) is 0 Å². The second-order valence-electron chi connectivity index (χ2n) is 6.47. The van der Waals surface area contributed by atoms with E-state index in [1.807, 2.05) is 49.4 Å². The Morgan fingerprint density at radius 3 is 2.34 bits per heavy atom. The lowest BCUT2D eigenvalue weighted by molar-refractivity contribution is 0.0948. The molecule has 0 heterocycles. The zero-order chi connectivity index (χ0) is 20.6. The monoisotopic (exact) mass is 403 g/mol. The van der Waals surface area contributed by atoms with E-state index in [1.54, 1.807) is 36.4 Å². The summed E-state index contributed by atoms with van der Waals surface area (Å²) in [4.78, 5) is 24.8. The minimum absolute atomic E-state index is 0.167. The first-order valence-electron chi connectivity index (χ1n) is 9.13. The Kier molecular flexibility index (Phi) is 6.71. The Morgan fingerprint density at radius 2 is 1.59 bits per heavy atom. The average Bonchev–Trinajstić information content (AvgIpc) is 2.73. The van der Waals surface area contributed by atoms with Gasteiger partial charge >= 0.3 is 0 Å². The van der Waals surface area contributed by atoms with Crippen molar-refractivity contribution in [1.82, 2.24) is 10.6 Å². The standard InChI is InChI=1S/C23H21N3O2S/c1-16-8-5-6-13-20(16)22(28)26-23(29)25-19-12-7-11-18(14-19)21(27)24-15-17-9-3-2-4-10-17/h2-14H,15H2,1H3,(H,24,27)(H2,25,26,28,29). The average molecular weight is 404 g/mol. The van der Waals surface area contributed by atoms with Gasteiger partial charge in [-0.05, 0) is 54.5 Å². The van der Waals surface area contributed by atoms with Crippen LogP contribution < -0.4 is 16.0 Å². The summed E-state index contributed by atoms with van der Waals surface area (Å²) in [6.07, 6.45) is 0. The van der Waals surface area contributed by atoms with Gasteiger partial charge in [0.25, 0.3) is 11.8 Å². The van der Waals surface area contributed by atoms with Crippen LogP contribution in [0.3, 0.4) is 0 Å². The van der Waals surface area contributed by atoms with E-state index in [0.29, 0.717) is 23.4 Å². The molecule has 29 heavy (non-hydrogen) atoms. The van der Waals surface area contributed by atoms with Crippen molar-refractivity contribution < 1.29 is 9.59 Å². The van der Waals surface area contributed by atoms with Crippen molar-refractivity contribution in [3.63, 3.8) is 0 Å². The van der Waals surface area contributed by atoms with Gasteiger partial charge in [-0.15, -0.1) is 0 Å². The van der Waals surface area contributed by atoms with Crippen LogP contribution in [0.5, 0.6) is 0 Å². The molecule has 0 radical (unpaired) electrons. The van der Waals surface area contributed by atoms with E-state index in [2.05, 4.69) is 16.0 Å². The highest BCUT2D eigenvalue weighted by atomic mass is 32.1. The fraction of sp³-hybridized carbons (Fsp3) is 0.0870. The molecule has 0 saturated heterocycles. The van der Waals surface area contributed by atoms with Crippen LogP contribution in [-0.2, 0) is 6.54 Å². The fourth-order valence-electron chi connectivity index (χ4n) is 2.78. The van der Waals surface area contributed by atoms with Crippen LogP contribution in [0.2, 0.25) is 0 Å². The zero-order valence-corrected chi connectivity index (χ0v) is 16.8. The normalized spacial score (nSPS) is 10.1. The van der Waals surface area contributed by atoms with Crippen molar-refractivity contribution in [2.45, 2.75) is 13.5 Å². The van der Waals surface area contributed by atoms with E-state index < -0.39 is 0 Å². The Labute approximate surface area is 175 Å². The molecule has 3 N–H and O–H groups in total. The third-order valence-electron chi connectivity index (χ3n) is 4.30. The Balaban J connectivity index is 1.59. The van der Waals surface area contributed by atoms with E-state index in [4.69, 9.17) is 12.2 Å². The number of benzene rings is 3. The quantitative estimate of drug-likeness (QED) is 0.562. The lowest BCUT2D eigenvalue weighted by atomic mass is 10.1. The second kappa shape index (κ2) is 9.61. The molecule has 0 aliphatic rings. The maximum absolute atomic E-state index is 12.4. The molecule has 3 aromatic carbocycles. The maximum atomic E-state index is 12.4. The molecule has 0 spiro atoms. The molecule has 0 saturated carbocycles. The number of hydrogen-bond acceptors (Lipinski definition) is 3. The Hall–Kier alpha value is -3.51. The van der Waals surface area contributed by atoms with Gasteiger partial charge < -0.3 is 10.6 Å². The molecular formula is C23H21N3O2S. The van der Waals surface area contributed by atoms with Gasteiger partial charge in [0.05, 0.1) is 0 Å². The molecule has 3 rings (SSSR count). The second-order valence-corrected chi connectivity index (χ2v) is 6.88. The molecule has 2 amide bonds. The van der Waals surface area contributed by atoms with Gasteiger partial charge in [0, 0.05) is 23.4 Å². The predicted molar refractivity (Wildman–Crippen MR) is 119 cm³/mol. The van der Waals surface area contributed by atoms with Crippen molar-refractivity contribution in [2.75, 3.05) is 5.32 Å². The molecule has 0 aliphatic heterocycles. The van der Waals surface area contributed by atoms with Crippen LogP contribution in [0.1, 0.15) is 31.8 Å². The number of nitrogens with one attached hydrogen (secondary N) is 3. The van der Waals surface area contributed by atoms with Gasteiger partial charge in [0.15, 0.2) is 5.11 Å². The van der Waals surface area contributed by atoms with Crippen LogP contribution >= 0.6 is 12.2 Å². The maximum Gasteiger partial charge on any atom is 0.257 e. The summed E-state index contributed by atoms with van der Waals surface area (Å²) in [5.41, 5.74) is 3.57. The third kappa shape index (κ3) is 5.73. The van der Waals surface area contributed by atoms with Crippen LogP contribution in [0.15, 0.2) is 78.9 Å². The molecule has 5 nitrogen and oxygen atoms in total. The smallest absolute Gasteiger partial charge is 0.257 e. The van der Waals surface area contributed by atoms with Crippen molar-refractivity contribution in [3.8, 4) is 0 Å². The summed E-state index contributed by atoms with van der Waals surface area (Å²) in [6.45, 7) is 2.31. The van der Waals surface area contributed by atoms with E-state index in [-0.39, 0.29) is 16.9 Å². The first-order valence-corrected chi connectivity index (χ1v) is 9.54. The van der Waals surface area contributed by atoms with Gasteiger partial charge in [-0.2, -0.15) is 0 Å². The van der Waals surface area contributed by atoms with Gasteiger partial charge in [-0.25, -0.2) is 0 Å². The molecule has 0 aliphatic carbocycles. The summed E-state index contributed by atoms with van der Waals surface area (Å²) in [5.74, 6) is -0.468. The number of thiocarbonyl (C=S) groups is 1. The van der Waals surface area contributed by atoms with Crippen LogP contribution in [0.4, 0.5) is 5.69 Å². The van der Waals surface area contributed by atoms with Crippen molar-refractivity contribution in [2.24, 2.45) is 0 Å². The molecule has 0 bridgehead atoms. The molecular weight excluding hydrogens is 382 g/mol. The topological polar surface area (TPSA) is 70.2 Å². The number of amides is 2. The Morgan fingerprint density at radius 1 is 0.862 bits per heavy atom. The third-order valence-corrected chi connectivity index (χ3v) is 4.50. The highest BCUT2D eigenvalue weighted by Crippen LogP contribution is 2.12. The molecule has 0 fully saturated rings. The Bertz CT molecular complexity index is 1040. The number of carbonyl (C=O) groups is 2. The highest BCUT2D eigenvalue weighted by Gasteiger charge is 2.11. The molecule has 146 valence electrons. The van der Waals surface area contributed by atoms with E-state index in [9.17, 15) is 9.59 Å². The summed E-state index contributed by atoms with van der Waals surface area (Å²) >= 11 is 5.24. The number of hydrogen-bond donors (Lipinski definition) is 3. The van der Waals surface area contributed by atoms with Crippen LogP contribution in [0, 0.1) is 6.92 Å². The fourth-order valence-corrected chi connectivity index (χ4v) is 2.99. The summed E-state index contributed by atoms with van der Waals surface area (Å²) in [5, 5.41) is 8.67. The van der Waals surface area contributed by atoms with Gasteiger partial charge in [-0.1, -0.05) is 54.6 Å². The van der Waals surface area contributed by atoms with Crippen molar-refractivity contribution in [3.05, 3.63) is 101 Å². The number of rotatable bonds is 5. The summed E-state index contributed by atoms with van der Waals surface area (Å²) in [6, 6.07) is 23.9. The zero-order valence-electron chi connectivity index (χ0n) is 15.9. The van der Waals surface area contributed by atoms with E-state index >= 15 is 0 Å². The van der Waals surface area contributed by atoms with Crippen LogP contribution in [0.25, 0.3) is 0 Å². The highest BCUT2D eigenvalue weighted by molar-refractivity contribution is 7.80. The van der Waals surface area contributed by atoms with Gasteiger partial charge in [-0.3, -0.25) is 14.9 Å². The van der Waals surface area contributed by atoms with Gasteiger partial charge in [0.1, 0.15) is 0 Å². The molecule has 6 heteroatoms. The number of aryl methyl sites for hydroxylation is 1. The van der Waals surface area contributed by atoms with Crippen molar-refractivity contribution in [1.29, 1.82) is 0 Å². The lowest BCUT2D eigenvalue weighted by Crippen LogP contribution is -2.34. The number of anilines is 1. The number of carbonyl (C=O) groups excluding carboxylic acids is 2. The van der Waals surface area contributed by atoms with Crippen LogP contribution in [-0.4, -0.2) is 16.9 Å². The SMILES string of the molecule is Cc1ccccc1C(=O)NC(=S)Nc1cccc(C(=O)NCc2ccccc2)c1. The van der Waals surface area contributed by atoms with Crippen molar-refractivity contribution >= 4 is 34.8 Å². The van der Waals surface area contributed by atoms with E-state index in [0.717, 1.165) is 11.1 Å². The van der Waals surface area contributed by atoms with Gasteiger partial charge in [0.2, 0.25) is 0 Å². The largest absolute Gasteiger partial charge is 0.348 e. The summed E-state index contributed by atoms with van der Waals surface area (Å²) < 4.78 is 0. The minimum atomic E-state index is -0.280. The lowest BCUT2D eigenvalue weighted by Gasteiger charge is -2.12. The molecule has 0 atom stereocenters. The molecule has 0 aromatic heterocycles. The first kappa shape index (κ1) is 20.2. The molecule has 0 unspecified atom stereocenters. The minimum Gasteiger partial charge on any atom is -0.348 e. The molecule has 3 aromatic rings. The first-order chi connectivity index (χ1) is 14.0. The predicted octanol–water partition coefficient (Wildman–Crippen LogP) is 4.05. The summed E-state index contributed by atoms with van der Waals surface area (Å²) in [7, 11) is 0.